The number of benzene rings is 1. The Morgan fingerprint density at radius 1 is 1.17 bits per heavy atom. The Hall–Kier alpha value is -1.26. The molecule has 4 nitrogen and oxygen atoms in total. The molecule has 1 aromatic rings. The Morgan fingerprint density at radius 2 is 1.96 bits per heavy atom. The molecule has 0 unspecified atom stereocenters. The number of aliphatic hydroxyl groups is 1. The summed E-state index contributed by atoms with van der Waals surface area (Å²) in [7, 11) is 0. The zero-order valence-corrected chi connectivity index (χ0v) is 13.8. The van der Waals surface area contributed by atoms with Crippen molar-refractivity contribution in [2.45, 2.75) is 57.0 Å². The molecule has 0 aromatic heterocycles. The second kappa shape index (κ2) is 4.87. The minimum atomic E-state index is -0.722. The topological polar surface area (TPSA) is 86.7 Å². The van der Waals surface area contributed by atoms with Crippen LogP contribution in [0.25, 0.3) is 0 Å². The smallest absolute Gasteiger partial charge is 0.160 e. The van der Waals surface area contributed by atoms with Crippen LogP contribution >= 0.6 is 0 Å². The van der Waals surface area contributed by atoms with Crippen molar-refractivity contribution in [1.82, 2.24) is 0 Å². The highest BCUT2D eigenvalue weighted by atomic mass is 16.3. The van der Waals surface area contributed by atoms with Gasteiger partial charge in [-0.25, -0.2) is 0 Å². The lowest BCUT2D eigenvalue weighted by Crippen LogP contribution is -2.54. The van der Waals surface area contributed by atoms with Crippen molar-refractivity contribution in [2.75, 3.05) is 6.54 Å². The molecular formula is C19H27NO3. The van der Waals surface area contributed by atoms with Gasteiger partial charge in [0, 0.05) is 17.5 Å². The third-order valence-electron chi connectivity index (χ3n) is 7.52. The maximum atomic E-state index is 11.0. The molecule has 0 bridgehead atoms. The maximum absolute atomic E-state index is 11.0. The molecule has 0 saturated heterocycles. The lowest BCUT2D eigenvalue weighted by Gasteiger charge is -2.53. The highest BCUT2D eigenvalue weighted by Gasteiger charge is 2.60. The minimum absolute atomic E-state index is 0.0128. The van der Waals surface area contributed by atoms with Crippen LogP contribution in [0, 0.1) is 17.3 Å². The van der Waals surface area contributed by atoms with Crippen LogP contribution in [-0.4, -0.2) is 27.5 Å². The monoisotopic (exact) mass is 317 g/mol. The van der Waals surface area contributed by atoms with Crippen molar-refractivity contribution >= 4 is 0 Å². The SMILES string of the molecule is C[C@]12CC[C@@H]3c4ccc(O)c(O)c4CC[C@H]3[C@@H]1CC[C@@]2(O)CN. The van der Waals surface area contributed by atoms with E-state index in [1.54, 1.807) is 6.07 Å². The van der Waals surface area contributed by atoms with Crippen molar-refractivity contribution in [3.8, 4) is 11.5 Å². The molecule has 0 heterocycles. The van der Waals surface area contributed by atoms with Crippen molar-refractivity contribution in [3.05, 3.63) is 23.3 Å². The molecule has 126 valence electrons. The van der Waals surface area contributed by atoms with Gasteiger partial charge >= 0.3 is 0 Å². The van der Waals surface area contributed by atoms with Crippen LogP contribution in [0.4, 0.5) is 0 Å². The van der Waals surface area contributed by atoms with Gasteiger partial charge in [-0.3, -0.25) is 0 Å². The van der Waals surface area contributed by atoms with Crippen LogP contribution in [0.1, 0.15) is 56.1 Å². The normalized spacial score (nSPS) is 42.0. The fraction of sp³-hybridized carbons (Fsp3) is 0.684. The molecule has 4 heteroatoms. The third kappa shape index (κ3) is 1.85. The standard InChI is InChI=1S/C19H27NO3/c1-18-8-6-12-11-4-5-16(21)17(22)14(11)3-2-13(12)15(18)7-9-19(18,23)10-20/h4-5,12-13,15,21-23H,2-3,6-10,20H2,1H3/t12-,13-,15+,18+,19-/m1/s1. The van der Waals surface area contributed by atoms with Gasteiger partial charge in [-0.2, -0.15) is 0 Å². The molecule has 0 radical (unpaired) electrons. The summed E-state index contributed by atoms with van der Waals surface area (Å²) in [6.07, 6.45) is 5.69. The molecule has 1 aromatic carbocycles. The summed E-state index contributed by atoms with van der Waals surface area (Å²) in [5.74, 6) is 1.54. The van der Waals surface area contributed by atoms with E-state index in [1.807, 2.05) is 6.07 Å². The largest absolute Gasteiger partial charge is 0.504 e. The van der Waals surface area contributed by atoms with Gasteiger partial charge in [-0.1, -0.05) is 13.0 Å². The van der Waals surface area contributed by atoms with Crippen LogP contribution in [0.2, 0.25) is 0 Å². The number of hydrogen-bond donors (Lipinski definition) is 4. The Kier molecular flexibility index (Phi) is 3.23. The highest BCUT2D eigenvalue weighted by molar-refractivity contribution is 5.51. The summed E-state index contributed by atoms with van der Waals surface area (Å²) in [4.78, 5) is 0. The Morgan fingerprint density at radius 3 is 2.70 bits per heavy atom. The van der Waals surface area contributed by atoms with Crippen LogP contribution in [0.15, 0.2) is 12.1 Å². The van der Waals surface area contributed by atoms with Crippen LogP contribution in [0.5, 0.6) is 11.5 Å². The van der Waals surface area contributed by atoms with Crippen molar-refractivity contribution in [3.63, 3.8) is 0 Å². The number of aromatic hydroxyl groups is 2. The van der Waals surface area contributed by atoms with Gasteiger partial charge in [0.05, 0.1) is 5.60 Å². The molecule has 2 fully saturated rings. The van der Waals surface area contributed by atoms with Gasteiger partial charge in [0.25, 0.3) is 0 Å². The van der Waals surface area contributed by atoms with E-state index < -0.39 is 5.60 Å². The van der Waals surface area contributed by atoms with E-state index >= 15 is 0 Å². The number of rotatable bonds is 1. The van der Waals surface area contributed by atoms with Gasteiger partial charge < -0.3 is 21.1 Å². The molecule has 5 atom stereocenters. The first-order valence-electron chi connectivity index (χ1n) is 8.87. The van der Waals surface area contributed by atoms with Gasteiger partial charge in [0.2, 0.25) is 0 Å². The average molecular weight is 317 g/mol. The van der Waals surface area contributed by atoms with E-state index in [4.69, 9.17) is 5.73 Å². The molecule has 2 saturated carbocycles. The van der Waals surface area contributed by atoms with Crippen molar-refractivity contribution < 1.29 is 15.3 Å². The summed E-state index contributed by atoms with van der Waals surface area (Å²) in [6.45, 7) is 2.58. The first-order valence-corrected chi connectivity index (χ1v) is 8.87. The average Bonchev–Trinajstić information content (AvgIpc) is 2.83. The molecule has 0 spiro atoms. The van der Waals surface area contributed by atoms with E-state index in [2.05, 4.69) is 6.92 Å². The molecule has 3 aliphatic carbocycles. The van der Waals surface area contributed by atoms with Crippen LogP contribution in [0.3, 0.4) is 0 Å². The van der Waals surface area contributed by atoms with Crippen molar-refractivity contribution in [1.29, 1.82) is 0 Å². The number of nitrogens with two attached hydrogens (primary N) is 1. The molecule has 5 N–H and O–H groups in total. The number of fused-ring (bicyclic) bond motifs is 5. The van der Waals surface area contributed by atoms with E-state index in [0.29, 0.717) is 24.3 Å². The van der Waals surface area contributed by atoms with Crippen LogP contribution in [-0.2, 0) is 6.42 Å². The Bertz CT molecular complexity index is 646. The minimum Gasteiger partial charge on any atom is -0.504 e. The van der Waals surface area contributed by atoms with Crippen LogP contribution < -0.4 is 5.73 Å². The lowest BCUT2D eigenvalue weighted by molar-refractivity contribution is -0.0960. The predicted molar refractivity (Wildman–Crippen MR) is 88.4 cm³/mol. The number of phenolic OH excluding ortho intramolecular Hbond substituents is 2. The van der Waals surface area contributed by atoms with Gasteiger partial charge in [-0.05, 0) is 67.9 Å². The molecule has 23 heavy (non-hydrogen) atoms. The lowest BCUT2D eigenvalue weighted by atomic mass is 9.53. The fourth-order valence-electron chi connectivity index (χ4n) is 6.08. The zero-order chi connectivity index (χ0) is 16.4. The van der Waals surface area contributed by atoms with E-state index in [0.717, 1.165) is 44.1 Å². The summed E-state index contributed by atoms with van der Waals surface area (Å²) < 4.78 is 0. The quantitative estimate of drug-likeness (QED) is 0.600. The first kappa shape index (κ1) is 15.3. The summed E-state index contributed by atoms with van der Waals surface area (Å²) in [6, 6.07) is 3.61. The van der Waals surface area contributed by atoms with Crippen molar-refractivity contribution in [2.24, 2.45) is 23.0 Å². The molecule has 0 aliphatic heterocycles. The summed E-state index contributed by atoms with van der Waals surface area (Å²) in [5, 5.41) is 31.0. The zero-order valence-electron chi connectivity index (χ0n) is 13.8. The van der Waals surface area contributed by atoms with E-state index in [9.17, 15) is 15.3 Å². The molecule has 0 amide bonds. The summed E-state index contributed by atoms with van der Waals surface area (Å²) >= 11 is 0. The third-order valence-corrected chi connectivity index (χ3v) is 7.52. The van der Waals surface area contributed by atoms with Gasteiger partial charge in [-0.15, -0.1) is 0 Å². The fourth-order valence-corrected chi connectivity index (χ4v) is 6.08. The number of hydrogen-bond acceptors (Lipinski definition) is 4. The van der Waals surface area contributed by atoms with Gasteiger partial charge in [0.1, 0.15) is 0 Å². The number of phenols is 2. The molecular weight excluding hydrogens is 290 g/mol. The second-order valence-electron chi connectivity index (χ2n) is 8.15. The highest BCUT2D eigenvalue weighted by Crippen LogP contribution is 2.64. The van der Waals surface area contributed by atoms with E-state index in [1.165, 1.54) is 5.56 Å². The van der Waals surface area contributed by atoms with E-state index in [-0.39, 0.29) is 16.9 Å². The second-order valence-corrected chi connectivity index (χ2v) is 8.15. The Labute approximate surface area is 137 Å². The Balaban J connectivity index is 1.72. The van der Waals surface area contributed by atoms with Gasteiger partial charge in [0.15, 0.2) is 11.5 Å². The predicted octanol–water partition coefficient (Wildman–Crippen LogP) is 2.64. The first-order chi connectivity index (χ1) is 10.9. The summed E-state index contributed by atoms with van der Waals surface area (Å²) in [5.41, 5.74) is 7.27. The molecule has 4 rings (SSSR count). The molecule has 3 aliphatic rings. The maximum Gasteiger partial charge on any atom is 0.160 e.